The number of alkyl halides is 3. The largest absolute Gasteiger partial charge is 0.417 e. The molecule has 7 heteroatoms. The molecule has 152 valence electrons. The van der Waals surface area contributed by atoms with E-state index in [2.05, 4.69) is 16.8 Å². The Morgan fingerprint density at radius 3 is 2.71 bits per heavy atom. The fraction of sp³-hybridized carbons (Fsp3) is 0.714. The quantitative estimate of drug-likeness (QED) is 0.731. The summed E-state index contributed by atoms with van der Waals surface area (Å²) in [5, 5.41) is 0. The second kappa shape index (κ2) is 6.18. The zero-order valence-corrected chi connectivity index (χ0v) is 16.1. The lowest BCUT2D eigenvalue weighted by molar-refractivity contribution is -0.138. The molecule has 1 aromatic rings. The lowest BCUT2D eigenvalue weighted by atomic mass is 9.73. The van der Waals surface area contributed by atoms with Gasteiger partial charge < -0.3 is 9.80 Å². The van der Waals surface area contributed by atoms with E-state index in [0.29, 0.717) is 18.0 Å². The summed E-state index contributed by atoms with van der Waals surface area (Å²) in [7, 11) is 0. The van der Waals surface area contributed by atoms with E-state index in [1.54, 1.807) is 0 Å². The van der Waals surface area contributed by atoms with E-state index in [0.717, 1.165) is 44.2 Å². The first kappa shape index (κ1) is 18.4. The summed E-state index contributed by atoms with van der Waals surface area (Å²) in [5.41, 5.74) is 0.208. The van der Waals surface area contributed by atoms with Gasteiger partial charge in [0.2, 0.25) is 5.91 Å². The normalized spacial score (nSPS) is 35.6. The molecule has 0 radical (unpaired) electrons. The average molecular weight is 393 g/mol. The van der Waals surface area contributed by atoms with Crippen LogP contribution in [0.15, 0.2) is 12.3 Å². The maximum absolute atomic E-state index is 13.5. The molecule has 0 aromatic carbocycles. The van der Waals surface area contributed by atoms with Crippen molar-refractivity contribution in [1.29, 1.82) is 0 Å². The van der Waals surface area contributed by atoms with Crippen molar-refractivity contribution in [3.63, 3.8) is 0 Å². The van der Waals surface area contributed by atoms with Crippen molar-refractivity contribution in [2.24, 2.45) is 11.3 Å². The maximum Gasteiger partial charge on any atom is 0.417 e. The number of likely N-dealkylation sites (tertiary alicyclic amines) is 1. The third kappa shape index (κ3) is 2.61. The number of amides is 1. The zero-order chi connectivity index (χ0) is 19.7. The second-order valence-electron chi connectivity index (χ2n) is 9.12. The van der Waals surface area contributed by atoms with E-state index in [1.165, 1.54) is 18.9 Å². The van der Waals surface area contributed by atoms with Crippen LogP contribution in [-0.2, 0) is 23.9 Å². The molecule has 2 saturated heterocycles. The molecule has 4 atom stereocenters. The van der Waals surface area contributed by atoms with E-state index in [9.17, 15) is 18.0 Å². The van der Waals surface area contributed by atoms with Gasteiger partial charge in [0.05, 0.1) is 11.0 Å². The van der Waals surface area contributed by atoms with Crippen LogP contribution < -0.4 is 0 Å². The molecule has 4 aliphatic rings. The third-order valence-corrected chi connectivity index (χ3v) is 7.85. The van der Waals surface area contributed by atoms with E-state index < -0.39 is 11.7 Å². The van der Waals surface area contributed by atoms with Gasteiger partial charge in [-0.2, -0.15) is 13.2 Å². The lowest BCUT2D eigenvalue weighted by Crippen LogP contribution is -2.40. The number of carbonyl (C=O) groups excluding carboxylic acids is 1. The van der Waals surface area contributed by atoms with Gasteiger partial charge in [0.1, 0.15) is 0 Å². The summed E-state index contributed by atoms with van der Waals surface area (Å²) in [6.07, 6.45) is 2.43. The number of hydrogen-bond acceptors (Lipinski definition) is 3. The molecule has 3 aliphatic heterocycles. The third-order valence-electron chi connectivity index (χ3n) is 7.85. The summed E-state index contributed by atoms with van der Waals surface area (Å²) in [4.78, 5) is 22.0. The van der Waals surface area contributed by atoms with Crippen LogP contribution in [0, 0.1) is 11.3 Å². The van der Waals surface area contributed by atoms with Crippen LogP contribution in [0.5, 0.6) is 0 Å². The highest BCUT2D eigenvalue weighted by Gasteiger charge is 2.60. The molecule has 3 unspecified atom stereocenters. The number of hydrogen-bond donors (Lipinski definition) is 0. The molecule has 1 saturated carbocycles. The molecular formula is C21H26F3N3O. The van der Waals surface area contributed by atoms with Crippen LogP contribution in [-0.4, -0.2) is 45.9 Å². The topological polar surface area (TPSA) is 36.4 Å². The SMILES string of the molecule is CC1C2Cc3ncc(C(F)(F)F)cc3CN2C(=O)[C@]12CCC(N1CCCC1)C2. The van der Waals surface area contributed by atoms with Gasteiger partial charge in [-0.15, -0.1) is 0 Å². The predicted octanol–water partition coefficient (Wildman–Crippen LogP) is 3.64. The van der Waals surface area contributed by atoms with Crippen LogP contribution in [0.4, 0.5) is 13.2 Å². The number of halogens is 3. The van der Waals surface area contributed by atoms with E-state index in [1.807, 2.05) is 4.90 Å². The molecule has 1 aromatic heterocycles. The van der Waals surface area contributed by atoms with Crippen molar-refractivity contribution < 1.29 is 18.0 Å². The van der Waals surface area contributed by atoms with Gasteiger partial charge in [-0.1, -0.05) is 6.92 Å². The minimum atomic E-state index is -4.41. The molecule has 1 aliphatic carbocycles. The Bertz CT molecular complexity index is 805. The lowest BCUT2D eigenvalue weighted by Gasteiger charge is -2.33. The summed E-state index contributed by atoms with van der Waals surface area (Å²) >= 11 is 0. The zero-order valence-electron chi connectivity index (χ0n) is 16.1. The smallest absolute Gasteiger partial charge is 0.334 e. The Morgan fingerprint density at radius 2 is 2.00 bits per heavy atom. The highest BCUT2D eigenvalue weighted by molar-refractivity contribution is 5.87. The van der Waals surface area contributed by atoms with Crippen molar-refractivity contribution >= 4 is 5.91 Å². The minimum Gasteiger partial charge on any atom is -0.334 e. The highest BCUT2D eigenvalue weighted by atomic mass is 19.4. The van der Waals surface area contributed by atoms with Crippen LogP contribution in [0.3, 0.4) is 0 Å². The Labute approximate surface area is 163 Å². The van der Waals surface area contributed by atoms with Crippen molar-refractivity contribution in [1.82, 2.24) is 14.8 Å². The monoisotopic (exact) mass is 393 g/mol. The number of pyridine rings is 1. The summed E-state index contributed by atoms with van der Waals surface area (Å²) in [5.74, 6) is 0.375. The molecule has 5 rings (SSSR count). The first-order valence-electron chi connectivity index (χ1n) is 10.4. The average Bonchev–Trinajstić information content (AvgIpc) is 3.37. The van der Waals surface area contributed by atoms with Crippen molar-refractivity contribution in [2.45, 2.75) is 70.3 Å². The van der Waals surface area contributed by atoms with Gasteiger partial charge in [-0.25, -0.2) is 0 Å². The van der Waals surface area contributed by atoms with E-state index in [-0.39, 0.29) is 29.8 Å². The highest BCUT2D eigenvalue weighted by Crippen LogP contribution is 2.55. The molecule has 4 heterocycles. The number of rotatable bonds is 1. The van der Waals surface area contributed by atoms with Gasteiger partial charge in [-0.3, -0.25) is 9.78 Å². The van der Waals surface area contributed by atoms with Crippen molar-refractivity contribution in [3.05, 3.63) is 29.1 Å². The molecule has 28 heavy (non-hydrogen) atoms. The number of fused-ring (bicyclic) bond motifs is 2. The molecule has 1 spiro atoms. The first-order chi connectivity index (χ1) is 13.3. The van der Waals surface area contributed by atoms with Gasteiger partial charge >= 0.3 is 6.18 Å². The molecule has 1 amide bonds. The maximum atomic E-state index is 13.5. The molecule has 0 bridgehead atoms. The first-order valence-corrected chi connectivity index (χ1v) is 10.4. The van der Waals surface area contributed by atoms with E-state index in [4.69, 9.17) is 0 Å². The molecular weight excluding hydrogens is 367 g/mol. The van der Waals surface area contributed by atoms with Gasteiger partial charge in [0.15, 0.2) is 0 Å². The Hall–Kier alpha value is -1.63. The summed E-state index contributed by atoms with van der Waals surface area (Å²) < 4.78 is 39.2. The molecule has 3 fully saturated rings. The predicted molar refractivity (Wildman–Crippen MR) is 97.3 cm³/mol. The van der Waals surface area contributed by atoms with E-state index >= 15 is 0 Å². The summed E-state index contributed by atoms with van der Waals surface area (Å²) in [6, 6.07) is 1.72. The van der Waals surface area contributed by atoms with Crippen LogP contribution in [0.2, 0.25) is 0 Å². The summed E-state index contributed by atoms with van der Waals surface area (Å²) in [6.45, 7) is 4.69. The van der Waals surface area contributed by atoms with Gasteiger partial charge in [0.25, 0.3) is 0 Å². The van der Waals surface area contributed by atoms with Crippen LogP contribution in [0.1, 0.15) is 55.8 Å². The number of aromatic nitrogens is 1. The Morgan fingerprint density at radius 1 is 1.25 bits per heavy atom. The molecule has 0 N–H and O–H groups in total. The second-order valence-corrected chi connectivity index (χ2v) is 9.12. The van der Waals surface area contributed by atoms with Crippen molar-refractivity contribution in [3.8, 4) is 0 Å². The molecule has 4 nitrogen and oxygen atoms in total. The number of nitrogens with zero attached hydrogens (tertiary/aromatic N) is 3. The Kier molecular flexibility index (Phi) is 4.06. The Balaban J connectivity index is 1.41. The fourth-order valence-corrected chi connectivity index (χ4v) is 6.22. The van der Waals surface area contributed by atoms with Gasteiger partial charge in [-0.05, 0) is 62.7 Å². The standard InChI is InChI=1S/C21H26F3N3O/c1-13-18-9-17-14(8-15(11-25-17)21(22,23)24)12-27(18)19(28)20(13)5-4-16(10-20)26-6-2-3-7-26/h8,11,13,16,18H,2-7,9-10,12H2,1H3/t13?,16?,18?,20-/m0/s1. The van der Waals surface area contributed by atoms with Crippen LogP contribution in [0.25, 0.3) is 0 Å². The fourth-order valence-electron chi connectivity index (χ4n) is 6.22. The van der Waals surface area contributed by atoms with Crippen molar-refractivity contribution in [2.75, 3.05) is 13.1 Å². The van der Waals surface area contributed by atoms with Crippen LogP contribution >= 0.6 is 0 Å². The minimum absolute atomic E-state index is 0.0570. The van der Waals surface area contributed by atoms with Gasteiger partial charge in [0, 0.05) is 36.9 Å². The number of carbonyl (C=O) groups is 1.